The van der Waals surface area contributed by atoms with E-state index in [2.05, 4.69) is 26.3 Å². The number of nitrogens with one attached hydrogen (secondary N) is 2. The lowest BCUT2D eigenvalue weighted by molar-refractivity contribution is 1.28. The highest BCUT2D eigenvalue weighted by molar-refractivity contribution is 6.32. The van der Waals surface area contributed by atoms with Crippen molar-refractivity contribution in [3.8, 4) is 17.2 Å². The number of fused-ring (bicyclic) bond motifs is 1. The van der Waals surface area contributed by atoms with Gasteiger partial charge in [-0.3, -0.25) is 4.98 Å². The van der Waals surface area contributed by atoms with Gasteiger partial charge in [0.25, 0.3) is 0 Å². The number of pyridine rings is 2. The van der Waals surface area contributed by atoms with E-state index in [0.29, 0.717) is 16.4 Å². The number of hydrogen-bond acceptors (Lipinski definition) is 4. The second-order valence-corrected chi connectivity index (χ2v) is 6.22. The van der Waals surface area contributed by atoms with Crippen molar-refractivity contribution < 1.29 is 0 Å². The van der Waals surface area contributed by atoms with Crippen LogP contribution < -0.4 is 5.32 Å². The molecule has 26 heavy (non-hydrogen) atoms. The Morgan fingerprint density at radius 3 is 2.85 bits per heavy atom. The van der Waals surface area contributed by atoms with E-state index in [4.69, 9.17) is 11.6 Å². The quantitative estimate of drug-likeness (QED) is 0.493. The molecule has 6 heteroatoms. The molecule has 0 aliphatic heterocycles. The van der Waals surface area contributed by atoms with Crippen LogP contribution in [0.2, 0.25) is 5.15 Å². The maximum atomic E-state index is 9.56. The number of benzene rings is 1. The fraction of sp³-hybridized carbons (Fsp3) is 0.0500. The highest BCUT2D eigenvalue weighted by Gasteiger charge is 2.15. The highest BCUT2D eigenvalue weighted by atomic mass is 35.5. The standard InChI is InChI=1S/C20H14ClN5/c1-12-14-6-8-24-18(14)5-4-17(12)26-19-13(9-22)10-23-11-16(19)15-3-2-7-25-20(15)21/h2-8,10-11,24H,1H3,(H,23,26). The summed E-state index contributed by atoms with van der Waals surface area (Å²) in [4.78, 5) is 11.5. The van der Waals surface area contributed by atoms with Crippen LogP contribution >= 0.6 is 11.6 Å². The fourth-order valence-corrected chi connectivity index (χ4v) is 3.25. The number of aromatic nitrogens is 3. The zero-order valence-electron chi connectivity index (χ0n) is 13.9. The molecule has 0 aliphatic carbocycles. The first-order valence-electron chi connectivity index (χ1n) is 8.01. The summed E-state index contributed by atoms with van der Waals surface area (Å²) < 4.78 is 0. The lowest BCUT2D eigenvalue weighted by atomic mass is 10.0. The molecule has 0 unspecified atom stereocenters. The summed E-state index contributed by atoms with van der Waals surface area (Å²) in [5, 5.41) is 14.5. The van der Waals surface area contributed by atoms with E-state index in [1.54, 1.807) is 24.7 Å². The number of aryl methyl sites for hydroxylation is 1. The van der Waals surface area contributed by atoms with Gasteiger partial charge >= 0.3 is 0 Å². The molecule has 126 valence electrons. The van der Waals surface area contributed by atoms with Crippen molar-refractivity contribution >= 4 is 33.9 Å². The molecule has 0 aliphatic rings. The van der Waals surface area contributed by atoms with Crippen LogP contribution in [0.5, 0.6) is 0 Å². The van der Waals surface area contributed by atoms with E-state index >= 15 is 0 Å². The van der Waals surface area contributed by atoms with Crippen molar-refractivity contribution in [1.29, 1.82) is 5.26 Å². The number of H-pyrrole nitrogens is 1. The molecule has 4 aromatic rings. The van der Waals surface area contributed by atoms with Crippen LogP contribution in [0.1, 0.15) is 11.1 Å². The van der Waals surface area contributed by atoms with Gasteiger partial charge in [0.15, 0.2) is 0 Å². The normalized spacial score (nSPS) is 10.7. The van der Waals surface area contributed by atoms with Crippen molar-refractivity contribution in [3.63, 3.8) is 0 Å². The topological polar surface area (TPSA) is 77.4 Å². The third-order valence-electron chi connectivity index (χ3n) is 4.38. The van der Waals surface area contributed by atoms with E-state index in [1.165, 1.54) is 0 Å². The van der Waals surface area contributed by atoms with Crippen molar-refractivity contribution in [2.75, 3.05) is 5.32 Å². The second kappa shape index (κ2) is 6.51. The van der Waals surface area contributed by atoms with Gasteiger partial charge in [0, 0.05) is 52.5 Å². The van der Waals surface area contributed by atoms with Crippen LogP contribution in [0.4, 0.5) is 11.4 Å². The Balaban J connectivity index is 1.89. The molecule has 3 heterocycles. The van der Waals surface area contributed by atoms with Crippen molar-refractivity contribution in [3.05, 3.63) is 71.4 Å². The maximum absolute atomic E-state index is 9.56. The summed E-state index contributed by atoms with van der Waals surface area (Å²) >= 11 is 6.27. The van der Waals surface area contributed by atoms with E-state index < -0.39 is 0 Å². The molecule has 0 saturated carbocycles. The molecule has 0 saturated heterocycles. The summed E-state index contributed by atoms with van der Waals surface area (Å²) in [6.07, 6.45) is 6.77. The Bertz CT molecular complexity index is 1160. The molecule has 4 rings (SSSR count). The van der Waals surface area contributed by atoms with Gasteiger partial charge in [0.1, 0.15) is 11.2 Å². The molecule has 1 aromatic carbocycles. The van der Waals surface area contributed by atoms with E-state index in [9.17, 15) is 5.26 Å². The van der Waals surface area contributed by atoms with Gasteiger partial charge in [-0.25, -0.2) is 4.98 Å². The summed E-state index contributed by atoms with van der Waals surface area (Å²) in [6.45, 7) is 2.04. The Kier molecular flexibility index (Phi) is 4.04. The summed E-state index contributed by atoms with van der Waals surface area (Å²) in [5.74, 6) is 0. The molecule has 0 spiro atoms. The molecule has 0 atom stereocenters. The molecular weight excluding hydrogens is 346 g/mol. The number of rotatable bonds is 3. The SMILES string of the molecule is Cc1c(Nc2c(C#N)cncc2-c2cccnc2Cl)ccc2[nH]ccc12. The third kappa shape index (κ3) is 2.67. The Morgan fingerprint density at radius 2 is 2.04 bits per heavy atom. The van der Waals surface area contributed by atoms with Crippen molar-refractivity contribution in [1.82, 2.24) is 15.0 Å². The summed E-state index contributed by atoms with van der Waals surface area (Å²) in [7, 11) is 0. The smallest absolute Gasteiger partial charge is 0.136 e. The Labute approximate surface area is 155 Å². The van der Waals surface area contributed by atoms with Gasteiger partial charge in [-0.2, -0.15) is 5.26 Å². The van der Waals surface area contributed by atoms with Gasteiger partial charge in [-0.15, -0.1) is 0 Å². The molecule has 0 fully saturated rings. The minimum atomic E-state index is 0.366. The summed E-state index contributed by atoms with van der Waals surface area (Å²) in [6, 6.07) is 11.9. The summed E-state index contributed by atoms with van der Waals surface area (Å²) in [5.41, 5.74) is 5.64. The zero-order chi connectivity index (χ0) is 18.1. The predicted octanol–water partition coefficient (Wildman–Crippen LogP) is 5.20. The highest BCUT2D eigenvalue weighted by Crippen LogP contribution is 2.36. The van der Waals surface area contributed by atoms with Gasteiger partial charge in [0.05, 0.1) is 11.3 Å². The molecule has 0 radical (unpaired) electrons. The van der Waals surface area contributed by atoms with Gasteiger partial charge < -0.3 is 10.3 Å². The molecular formula is C20H14ClN5. The first kappa shape index (κ1) is 16.1. The van der Waals surface area contributed by atoms with Crippen LogP contribution in [0.15, 0.2) is 55.1 Å². The molecule has 5 nitrogen and oxygen atoms in total. The average molecular weight is 360 g/mol. The molecule has 0 bridgehead atoms. The van der Waals surface area contributed by atoms with Crippen LogP contribution in [-0.2, 0) is 0 Å². The number of anilines is 2. The van der Waals surface area contributed by atoms with Crippen molar-refractivity contribution in [2.45, 2.75) is 6.92 Å². The van der Waals surface area contributed by atoms with Crippen LogP contribution in [0.25, 0.3) is 22.0 Å². The lowest BCUT2D eigenvalue weighted by Crippen LogP contribution is -2.00. The largest absolute Gasteiger partial charge is 0.361 e. The molecule has 0 amide bonds. The van der Waals surface area contributed by atoms with Gasteiger partial charge in [-0.05, 0) is 42.8 Å². The van der Waals surface area contributed by atoms with Gasteiger partial charge in [-0.1, -0.05) is 11.6 Å². The van der Waals surface area contributed by atoms with Crippen LogP contribution in [-0.4, -0.2) is 15.0 Å². The van der Waals surface area contributed by atoms with E-state index in [-0.39, 0.29) is 0 Å². The number of halogens is 1. The third-order valence-corrected chi connectivity index (χ3v) is 4.68. The van der Waals surface area contributed by atoms with Crippen LogP contribution in [0.3, 0.4) is 0 Å². The number of aromatic amines is 1. The van der Waals surface area contributed by atoms with Gasteiger partial charge in [0.2, 0.25) is 0 Å². The minimum Gasteiger partial charge on any atom is -0.361 e. The first-order chi connectivity index (χ1) is 12.7. The zero-order valence-corrected chi connectivity index (χ0v) is 14.7. The number of nitriles is 1. The molecule has 2 N–H and O–H groups in total. The number of hydrogen-bond donors (Lipinski definition) is 2. The maximum Gasteiger partial charge on any atom is 0.136 e. The minimum absolute atomic E-state index is 0.366. The first-order valence-corrected chi connectivity index (χ1v) is 8.39. The van der Waals surface area contributed by atoms with Crippen molar-refractivity contribution in [2.24, 2.45) is 0 Å². The monoisotopic (exact) mass is 359 g/mol. The Hall–Kier alpha value is -3.36. The fourth-order valence-electron chi connectivity index (χ4n) is 3.03. The second-order valence-electron chi connectivity index (χ2n) is 5.87. The van der Waals surface area contributed by atoms with E-state index in [0.717, 1.165) is 33.3 Å². The molecule has 3 aromatic heterocycles. The number of nitrogens with zero attached hydrogens (tertiary/aromatic N) is 3. The lowest BCUT2D eigenvalue weighted by Gasteiger charge is -2.16. The Morgan fingerprint density at radius 1 is 1.15 bits per heavy atom. The van der Waals surface area contributed by atoms with Crippen LogP contribution in [0, 0.1) is 18.3 Å². The average Bonchev–Trinajstić information content (AvgIpc) is 3.14. The van der Waals surface area contributed by atoms with E-state index in [1.807, 2.05) is 37.4 Å². The predicted molar refractivity (Wildman–Crippen MR) is 104 cm³/mol.